The SMILES string of the molecule is O=C1NC(=NN=Cc2ccccc2)SC1=Cc1cccn1-c1ccc([N+](=O)[O-])cc1. The zero-order valence-electron chi connectivity index (χ0n) is 15.5. The van der Waals surface area contributed by atoms with E-state index in [-0.39, 0.29) is 11.6 Å². The van der Waals surface area contributed by atoms with Gasteiger partial charge in [0.1, 0.15) is 0 Å². The molecule has 1 aromatic heterocycles. The molecule has 8 nitrogen and oxygen atoms in total. The average molecular weight is 417 g/mol. The molecular formula is C21H15N5O3S. The van der Waals surface area contributed by atoms with Crippen LogP contribution >= 0.6 is 11.8 Å². The first-order valence-corrected chi connectivity index (χ1v) is 9.71. The zero-order chi connectivity index (χ0) is 20.9. The molecule has 0 radical (unpaired) electrons. The highest BCUT2D eigenvalue weighted by atomic mass is 32.2. The van der Waals surface area contributed by atoms with Crippen molar-refractivity contribution in [2.75, 3.05) is 0 Å². The third kappa shape index (κ3) is 4.36. The van der Waals surface area contributed by atoms with Crippen molar-refractivity contribution in [3.8, 4) is 5.69 Å². The van der Waals surface area contributed by atoms with Gasteiger partial charge in [0.25, 0.3) is 11.6 Å². The molecule has 1 N–H and O–H groups in total. The van der Waals surface area contributed by atoms with Crippen LogP contribution in [0.15, 0.2) is 88.0 Å². The molecule has 0 unspecified atom stereocenters. The second-order valence-corrected chi connectivity index (χ2v) is 7.23. The van der Waals surface area contributed by atoms with Gasteiger partial charge in [-0.1, -0.05) is 30.3 Å². The molecule has 0 spiro atoms. The molecule has 2 heterocycles. The van der Waals surface area contributed by atoms with Crippen LogP contribution in [-0.2, 0) is 4.79 Å². The van der Waals surface area contributed by atoms with Crippen molar-refractivity contribution >= 4 is 40.8 Å². The Morgan fingerprint density at radius 1 is 1.03 bits per heavy atom. The number of nitrogens with one attached hydrogen (secondary N) is 1. The summed E-state index contributed by atoms with van der Waals surface area (Å²) in [6, 6.07) is 19.4. The summed E-state index contributed by atoms with van der Waals surface area (Å²) in [7, 11) is 0. The number of benzene rings is 2. The van der Waals surface area contributed by atoms with E-state index in [1.807, 2.05) is 53.2 Å². The van der Waals surface area contributed by atoms with Gasteiger partial charge in [-0.2, -0.15) is 5.10 Å². The molecule has 1 amide bonds. The molecule has 1 saturated heterocycles. The molecule has 0 atom stereocenters. The first-order chi connectivity index (χ1) is 14.6. The summed E-state index contributed by atoms with van der Waals surface area (Å²) >= 11 is 1.20. The predicted molar refractivity (Wildman–Crippen MR) is 118 cm³/mol. The number of hydrogen-bond donors (Lipinski definition) is 1. The van der Waals surface area contributed by atoms with E-state index in [0.717, 1.165) is 16.9 Å². The Balaban J connectivity index is 1.52. The van der Waals surface area contributed by atoms with Gasteiger partial charge in [0, 0.05) is 29.7 Å². The average Bonchev–Trinajstić information content (AvgIpc) is 3.36. The highest BCUT2D eigenvalue weighted by molar-refractivity contribution is 8.18. The monoisotopic (exact) mass is 417 g/mol. The van der Waals surface area contributed by atoms with Crippen LogP contribution in [0.4, 0.5) is 5.69 Å². The standard InChI is InChI=1S/C21H15N5O3S/c27-20-19(30-21(23-20)24-22-14-15-5-2-1-3-6-15)13-18-7-4-12-25(18)16-8-10-17(11-9-16)26(28)29/h1-14H,(H,23,24,27). The van der Waals surface area contributed by atoms with Gasteiger partial charge in [-0.25, -0.2) is 0 Å². The predicted octanol–water partition coefficient (Wildman–Crippen LogP) is 3.98. The van der Waals surface area contributed by atoms with E-state index in [4.69, 9.17) is 0 Å². The number of carbonyl (C=O) groups excluding carboxylic acids is 1. The molecule has 1 aliphatic heterocycles. The molecule has 2 aromatic carbocycles. The topological polar surface area (TPSA) is 102 Å². The van der Waals surface area contributed by atoms with Gasteiger partial charge in [0.2, 0.25) is 0 Å². The van der Waals surface area contributed by atoms with Crippen LogP contribution in [0.5, 0.6) is 0 Å². The Labute approximate surface area is 175 Å². The number of carbonyl (C=O) groups is 1. The Bertz CT molecular complexity index is 1180. The molecule has 148 valence electrons. The minimum Gasteiger partial charge on any atom is -0.317 e. The minimum absolute atomic E-state index is 0.0217. The summed E-state index contributed by atoms with van der Waals surface area (Å²) in [5.41, 5.74) is 2.44. The maximum absolute atomic E-state index is 12.3. The van der Waals surface area contributed by atoms with Gasteiger partial charge >= 0.3 is 0 Å². The second-order valence-electron chi connectivity index (χ2n) is 6.20. The molecule has 0 saturated carbocycles. The third-order valence-corrected chi connectivity index (χ3v) is 5.10. The molecule has 0 bridgehead atoms. The van der Waals surface area contributed by atoms with Gasteiger partial charge in [-0.05, 0) is 47.7 Å². The van der Waals surface area contributed by atoms with Crippen LogP contribution in [0.2, 0.25) is 0 Å². The lowest BCUT2D eigenvalue weighted by atomic mass is 10.2. The van der Waals surface area contributed by atoms with Gasteiger partial charge < -0.3 is 4.57 Å². The van der Waals surface area contributed by atoms with E-state index in [2.05, 4.69) is 15.5 Å². The maximum Gasteiger partial charge on any atom is 0.269 e. The number of hydrogen-bond acceptors (Lipinski definition) is 6. The van der Waals surface area contributed by atoms with Crippen molar-refractivity contribution in [1.82, 2.24) is 9.88 Å². The van der Waals surface area contributed by atoms with Crippen molar-refractivity contribution < 1.29 is 9.72 Å². The molecule has 1 fully saturated rings. The lowest BCUT2D eigenvalue weighted by molar-refractivity contribution is -0.384. The van der Waals surface area contributed by atoms with Gasteiger partial charge in [-0.3, -0.25) is 20.2 Å². The Morgan fingerprint density at radius 3 is 2.53 bits per heavy atom. The summed E-state index contributed by atoms with van der Waals surface area (Å²) in [5, 5.41) is 22.0. The van der Waals surface area contributed by atoms with Crippen molar-refractivity contribution in [2.45, 2.75) is 0 Å². The van der Waals surface area contributed by atoms with E-state index >= 15 is 0 Å². The maximum atomic E-state index is 12.3. The second kappa shape index (κ2) is 8.58. The summed E-state index contributed by atoms with van der Waals surface area (Å²) in [4.78, 5) is 23.2. The highest BCUT2D eigenvalue weighted by Crippen LogP contribution is 2.27. The zero-order valence-corrected chi connectivity index (χ0v) is 16.3. The van der Waals surface area contributed by atoms with Crippen LogP contribution in [0.1, 0.15) is 11.3 Å². The van der Waals surface area contributed by atoms with E-state index in [0.29, 0.717) is 10.1 Å². The molecule has 3 aromatic rings. The van der Waals surface area contributed by atoms with E-state index < -0.39 is 4.92 Å². The van der Waals surface area contributed by atoms with Crippen molar-refractivity contribution in [3.63, 3.8) is 0 Å². The number of nitrogens with zero attached hydrogens (tertiary/aromatic N) is 4. The molecule has 0 aliphatic carbocycles. The number of non-ortho nitro benzene ring substituents is 1. The Hall–Kier alpha value is -3.98. The molecule has 9 heteroatoms. The fourth-order valence-corrected chi connectivity index (χ4v) is 3.54. The summed E-state index contributed by atoms with van der Waals surface area (Å²) in [6.07, 6.45) is 5.18. The number of nitro groups is 1. The van der Waals surface area contributed by atoms with E-state index in [9.17, 15) is 14.9 Å². The fourth-order valence-electron chi connectivity index (χ4n) is 2.78. The highest BCUT2D eigenvalue weighted by Gasteiger charge is 2.24. The molecule has 30 heavy (non-hydrogen) atoms. The summed E-state index contributed by atoms with van der Waals surface area (Å²) in [6.45, 7) is 0. The van der Waals surface area contributed by atoms with Gasteiger partial charge in [0.15, 0.2) is 5.17 Å². The normalized spacial score (nSPS) is 16.5. The summed E-state index contributed by atoms with van der Waals surface area (Å²) < 4.78 is 1.84. The van der Waals surface area contributed by atoms with Crippen LogP contribution < -0.4 is 5.32 Å². The fraction of sp³-hybridized carbons (Fsp3) is 0. The minimum atomic E-state index is -0.441. The van der Waals surface area contributed by atoms with Crippen LogP contribution in [0.3, 0.4) is 0 Å². The first kappa shape index (κ1) is 19.3. The first-order valence-electron chi connectivity index (χ1n) is 8.89. The van der Waals surface area contributed by atoms with Gasteiger partial charge in [0.05, 0.1) is 16.0 Å². The van der Waals surface area contributed by atoms with Crippen LogP contribution in [0, 0.1) is 10.1 Å². The molecular weight excluding hydrogens is 402 g/mol. The number of rotatable bonds is 5. The Kier molecular flexibility index (Phi) is 5.53. The number of aromatic nitrogens is 1. The van der Waals surface area contributed by atoms with Crippen molar-refractivity contribution in [1.29, 1.82) is 0 Å². The van der Waals surface area contributed by atoms with E-state index in [1.54, 1.807) is 24.4 Å². The van der Waals surface area contributed by atoms with Crippen LogP contribution in [0.25, 0.3) is 11.8 Å². The van der Waals surface area contributed by atoms with Crippen molar-refractivity contribution in [3.05, 3.63) is 99.2 Å². The smallest absolute Gasteiger partial charge is 0.269 e. The van der Waals surface area contributed by atoms with Gasteiger partial charge in [-0.15, -0.1) is 5.10 Å². The number of amidine groups is 1. The number of thioether (sulfide) groups is 1. The summed E-state index contributed by atoms with van der Waals surface area (Å²) in [5.74, 6) is -0.259. The molecule has 4 rings (SSSR count). The lowest BCUT2D eigenvalue weighted by Gasteiger charge is -2.06. The quantitative estimate of drug-likeness (QED) is 0.294. The van der Waals surface area contributed by atoms with E-state index in [1.165, 1.54) is 23.9 Å². The third-order valence-electron chi connectivity index (χ3n) is 4.20. The van der Waals surface area contributed by atoms with Crippen molar-refractivity contribution in [2.24, 2.45) is 10.2 Å². The Morgan fingerprint density at radius 2 is 1.80 bits per heavy atom. The lowest BCUT2D eigenvalue weighted by Crippen LogP contribution is -2.19. The molecule has 1 aliphatic rings. The van der Waals surface area contributed by atoms with Crippen LogP contribution in [-0.4, -0.2) is 26.8 Å². The largest absolute Gasteiger partial charge is 0.317 e. The number of nitro benzene ring substituents is 1. The number of amides is 1.